The van der Waals surface area contributed by atoms with Gasteiger partial charge in [0.25, 0.3) is 5.91 Å². The maximum atomic E-state index is 13.5. The summed E-state index contributed by atoms with van der Waals surface area (Å²) < 4.78 is 19.7. The number of morpholine rings is 1. The second-order valence-corrected chi connectivity index (χ2v) is 8.37. The van der Waals surface area contributed by atoms with Crippen molar-refractivity contribution in [3.05, 3.63) is 71.5 Å². The number of halogens is 1. The Bertz CT molecular complexity index is 933. The molecular formula is C24H27FN2O3. The van der Waals surface area contributed by atoms with Crippen LogP contribution in [0, 0.1) is 5.82 Å². The second kappa shape index (κ2) is 8.19. The van der Waals surface area contributed by atoms with E-state index in [2.05, 4.69) is 0 Å². The number of amides is 2. The number of carbonyl (C=O) groups is 2. The quantitative estimate of drug-likeness (QED) is 0.779. The zero-order valence-electron chi connectivity index (χ0n) is 17.4. The fraction of sp³-hybridized carbons (Fsp3) is 0.417. The topological polar surface area (TPSA) is 49.9 Å². The van der Waals surface area contributed by atoms with Crippen molar-refractivity contribution < 1.29 is 18.7 Å². The van der Waals surface area contributed by atoms with Crippen molar-refractivity contribution in [3.8, 4) is 0 Å². The van der Waals surface area contributed by atoms with E-state index < -0.39 is 5.60 Å². The third-order valence-corrected chi connectivity index (χ3v) is 6.13. The van der Waals surface area contributed by atoms with E-state index in [9.17, 15) is 14.0 Å². The van der Waals surface area contributed by atoms with E-state index in [1.807, 2.05) is 49.1 Å². The van der Waals surface area contributed by atoms with Crippen molar-refractivity contribution >= 4 is 11.8 Å². The molecule has 2 fully saturated rings. The fourth-order valence-corrected chi connectivity index (χ4v) is 4.56. The lowest BCUT2D eigenvalue weighted by atomic mass is 9.83. The number of rotatable bonds is 4. The van der Waals surface area contributed by atoms with Crippen LogP contribution >= 0.6 is 0 Å². The van der Waals surface area contributed by atoms with E-state index in [0.717, 1.165) is 5.56 Å². The molecule has 4 rings (SSSR count). The van der Waals surface area contributed by atoms with Gasteiger partial charge >= 0.3 is 0 Å². The molecule has 0 aliphatic carbocycles. The molecule has 30 heavy (non-hydrogen) atoms. The van der Waals surface area contributed by atoms with Gasteiger partial charge in [-0.15, -0.1) is 0 Å². The van der Waals surface area contributed by atoms with Gasteiger partial charge in [-0.05, 0) is 37.1 Å². The van der Waals surface area contributed by atoms with Gasteiger partial charge in [0.05, 0.1) is 19.6 Å². The summed E-state index contributed by atoms with van der Waals surface area (Å²) >= 11 is 0. The van der Waals surface area contributed by atoms with E-state index in [4.69, 9.17) is 4.74 Å². The Balaban J connectivity index is 1.61. The molecule has 2 aliphatic heterocycles. The van der Waals surface area contributed by atoms with Crippen LogP contribution < -0.4 is 0 Å². The van der Waals surface area contributed by atoms with Crippen molar-refractivity contribution in [2.24, 2.45) is 0 Å². The van der Waals surface area contributed by atoms with E-state index in [1.54, 1.807) is 17.0 Å². The van der Waals surface area contributed by atoms with Gasteiger partial charge in [-0.25, -0.2) is 4.39 Å². The first-order valence-corrected chi connectivity index (χ1v) is 10.4. The minimum absolute atomic E-state index is 0.0464. The molecule has 2 saturated heterocycles. The van der Waals surface area contributed by atoms with Gasteiger partial charge in [0.2, 0.25) is 5.91 Å². The summed E-state index contributed by atoms with van der Waals surface area (Å²) in [6.07, 6.45) is 0.103. The maximum absolute atomic E-state index is 13.5. The molecule has 2 aliphatic rings. The molecule has 2 amide bonds. The van der Waals surface area contributed by atoms with Crippen LogP contribution in [0.1, 0.15) is 30.9 Å². The lowest BCUT2D eigenvalue weighted by Gasteiger charge is -2.42. The number of carbonyl (C=O) groups excluding carboxylic acids is 2. The van der Waals surface area contributed by atoms with Gasteiger partial charge < -0.3 is 14.5 Å². The molecule has 2 aromatic rings. The van der Waals surface area contributed by atoms with Crippen LogP contribution in [0.4, 0.5) is 4.39 Å². The number of likely N-dealkylation sites (tertiary alicyclic amines) is 1. The molecule has 0 unspecified atom stereocenters. The molecule has 0 saturated carbocycles. The number of benzene rings is 2. The predicted octanol–water partition coefficient (Wildman–Crippen LogP) is 3.00. The smallest absolute Gasteiger partial charge is 0.257 e. The van der Waals surface area contributed by atoms with Crippen molar-refractivity contribution in [3.63, 3.8) is 0 Å². The Hall–Kier alpha value is -2.73. The van der Waals surface area contributed by atoms with Crippen LogP contribution in [0.3, 0.4) is 0 Å². The first-order chi connectivity index (χ1) is 14.4. The number of nitrogens with zero attached hydrogens (tertiary/aromatic N) is 2. The summed E-state index contributed by atoms with van der Waals surface area (Å²) in [4.78, 5) is 30.0. The van der Waals surface area contributed by atoms with Gasteiger partial charge in [-0.2, -0.15) is 0 Å². The molecule has 158 valence electrons. The van der Waals surface area contributed by atoms with Crippen molar-refractivity contribution in [1.82, 2.24) is 9.80 Å². The van der Waals surface area contributed by atoms with Crippen LogP contribution in [-0.4, -0.2) is 59.5 Å². The van der Waals surface area contributed by atoms with Gasteiger partial charge in [0.1, 0.15) is 5.82 Å². The Morgan fingerprint density at radius 1 is 1.20 bits per heavy atom. The first kappa shape index (κ1) is 20.5. The highest BCUT2D eigenvalue weighted by molar-refractivity contribution is 5.91. The van der Waals surface area contributed by atoms with Crippen molar-refractivity contribution in [1.29, 1.82) is 0 Å². The molecular weight excluding hydrogens is 383 g/mol. The molecule has 2 atom stereocenters. The molecule has 6 heteroatoms. The highest BCUT2D eigenvalue weighted by Gasteiger charge is 2.58. The summed E-state index contributed by atoms with van der Waals surface area (Å²) in [6.45, 7) is 5.49. The van der Waals surface area contributed by atoms with Crippen molar-refractivity contribution in [2.45, 2.75) is 37.8 Å². The van der Waals surface area contributed by atoms with E-state index in [-0.39, 0.29) is 42.6 Å². The summed E-state index contributed by atoms with van der Waals surface area (Å²) in [6, 6.07) is 16.0. The first-order valence-electron chi connectivity index (χ1n) is 10.4. The lowest BCUT2D eigenvalue weighted by Crippen LogP contribution is -2.60. The molecule has 0 bridgehead atoms. The van der Waals surface area contributed by atoms with E-state index >= 15 is 0 Å². The highest BCUT2D eigenvalue weighted by atomic mass is 19.1. The summed E-state index contributed by atoms with van der Waals surface area (Å²) in [5.74, 6) is -0.694. The summed E-state index contributed by atoms with van der Waals surface area (Å²) in [7, 11) is 0. The Morgan fingerprint density at radius 2 is 1.97 bits per heavy atom. The monoisotopic (exact) mass is 410 g/mol. The molecule has 0 N–H and O–H groups in total. The highest BCUT2D eigenvalue weighted by Crippen LogP contribution is 2.42. The second-order valence-electron chi connectivity index (χ2n) is 8.37. The van der Waals surface area contributed by atoms with Gasteiger partial charge in [-0.3, -0.25) is 9.59 Å². The molecule has 1 spiro atoms. The predicted molar refractivity (Wildman–Crippen MR) is 111 cm³/mol. The standard InChI is InChI=1S/C24H27FN2O3/c1-17(2)27-15-21(19-8-4-3-5-9-19)24(23(27)29)16-26(11-12-30-24)22(28)14-18-7-6-10-20(25)13-18/h3-10,13,17,21H,11-12,14-16H2,1-2H3/t21-,24-/m0/s1. The Labute approximate surface area is 176 Å². The molecule has 2 heterocycles. The molecule has 2 aromatic carbocycles. The number of hydrogen-bond acceptors (Lipinski definition) is 3. The van der Waals surface area contributed by atoms with Crippen molar-refractivity contribution in [2.75, 3.05) is 26.2 Å². The Kier molecular flexibility index (Phi) is 5.60. The largest absolute Gasteiger partial charge is 0.361 e. The van der Waals surface area contributed by atoms with Gasteiger partial charge in [0.15, 0.2) is 5.60 Å². The molecule has 0 aromatic heterocycles. The minimum Gasteiger partial charge on any atom is -0.361 e. The fourth-order valence-electron chi connectivity index (χ4n) is 4.56. The van der Waals surface area contributed by atoms with Crippen LogP contribution in [-0.2, 0) is 20.7 Å². The number of hydrogen-bond donors (Lipinski definition) is 0. The average Bonchev–Trinajstić information content (AvgIpc) is 3.01. The van der Waals surface area contributed by atoms with Gasteiger partial charge in [-0.1, -0.05) is 42.5 Å². The Morgan fingerprint density at radius 3 is 2.67 bits per heavy atom. The van der Waals surface area contributed by atoms with Crippen LogP contribution in [0.2, 0.25) is 0 Å². The molecule has 5 nitrogen and oxygen atoms in total. The normalized spacial score (nSPS) is 24.1. The van der Waals surface area contributed by atoms with E-state index in [0.29, 0.717) is 25.3 Å². The number of ether oxygens (including phenoxy) is 1. The average molecular weight is 410 g/mol. The van der Waals surface area contributed by atoms with E-state index in [1.165, 1.54) is 12.1 Å². The third kappa shape index (κ3) is 3.72. The minimum atomic E-state index is -1.08. The lowest BCUT2D eigenvalue weighted by molar-refractivity contribution is -0.168. The SMILES string of the molecule is CC(C)N1C[C@@H](c2ccccc2)[C@@]2(CN(C(=O)Cc3cccc(F)c3)CCO2)C1=O. The van der Waals surface area contributed by atoms with Gasteiger partial charge in [0, 0.05) is 25.0 Å². The van der Waals surface area contributed by atoms with Crippen LogP contribution in [0.15, 0.2) is 54.6 Å². The summed E-state index contributed by atoms with van der Waals surface area (Å²) in [5.41, 5.74) is 0.580. The van der Waals surface area contributed by atoms with Crippen LogP contribution in [0.5, 0.6) is 0 Å². The summed E-state index contributed by atoms with van der Waals surface area (Å²) in [5, 5.41) is 0. The third-order valence-electron chi connectivity index (χ3n) is 6.13. The maximum Gasteiger partial charge on any atom is 0.257 e. The zero-order chi connectivity index (χ0) is 21.3. The van der Waals surface area contributed by atoms with Crippen LogP contribution in [0.25, 0.3) is 0 Å². The molecule has 0 radical (unpaired) electrons. The zero-order valence-corrected chi connectivity index (χ0v) is 17.4.